The molecule has 0 saturated carbocycles. The topological polar surface area (TPSA) is 26.1 Å². The second-order valence-electron chi connectivity index (χ2n) is 28.6. The Morgan fingerprint density at radius 3 is 1.33 bits per heavy atom. The number of benzene rings is 11. The lowest BCUT2D eigenvalue weighted by Gasteiger charge is -2.50. The second kappa shape index (κ2) is 19.7. The first kappa shape index (κ1) is 55.0. The molecule has 434 valence electrons. The molecule has 2 aliphatic heterocycles. The Morgan fingerprint density at radius 2 is 0.784 bits per heavy atom. The molecule has 5 heteroatoms. The zero-order valence-corrected chi connectivity index (χ0v) is 52.8. The highest BCUT2D eigenvalue weighted by molar-refractivity contribution is 6.20. The van der Waals surface area contributed by atoms with Gasteiger partial charge in [0.25, 0.3) is 0 Å². The minimum atomic E-state index is -0.911. The monoisotopic (exact) mass is 1140 g/mol. The van der Waals surface area contributed by atoms with Crippen LogP contribution in [0.25, 0.3) is 33.1 Å². The molecule has 1 spiro atoms. The predicted octanol–water partition coefficient (Wildman–Crippen LogP) is 23.6. The van der Waals surface area contributed by atoms with E-state index in [4.69, 9.17) is 4.42 Å². The molecule has 1 unspecified atom stereocenters. The van der Waals surface area contributed by atoms with Crippen molar-refractivity contribution in [2.75, 3.05) is 19.6 Å². The summed E-state index contributed by atoms with van der Waals surface area (Å²) in [7, 11) is 0. The van der Waals surface area contributed by atoms with Gasteiger partial charge in [-0.25, -0.2) is 0 Å². The molecular weight excluding hydrogens is 1070 g/mol. The summed E-state index contributed by atoms with van der Waals surface area (Å²) in [6, 6.07) is 91.7. The van der Waals surface area contributed by atoms with E-state index in [0.717, 1.165) is 101 Å². The molecular formula is C83H76N4O. The number of hydrogen-bond donors (Lipinski definition) is 0. The Bertz CT molecular complexity index is 4580. The standard InChI is InChI=1S/C83H76N4O/c1-79(2,3)53-33-41-58(42-34-53)84(59-43-35-54(36-44-59)80(4,5)6)62-49-50-63-67(51-62)83(65-26-17-18-28-69(65)87-71-30-20-19-29-70(71)86(57-23-14-13-15-24-57)72-31-22-27-66(83)77(72)87)68-52-73(76-64-25-16-21-32-74(64)88-78(76)75(63)68)85(60-45-37-55(38-46-60)81(7,8)9)61-47-39-56(40-48-61)82(10,11)12/h13-52H,1-12H3. The lowest BCUT2D eigenvalue weighted by Crippen LogP contribution is -2.38. The quantitative estimate of drug-likeness (QED) is 0.158. The molecule has 0 amide bonds. The molecule has 0 radical (unpaired) electrons. The molecule has 1 aliphatic carbocycles. The summed E-state index contributed by atoms with van der Waals surface area (Å²) in [5, 5.41) is 2.15. The van der Waals surface area contributed by atoms with Crippen molar-refractivity contribution in [2.24, 2.45) is 0 Å². The molecule has 11 aromatic carbocycles. The van der Waals surface area contributed by atoms with Gasteiger partial charge >= 0.3 is 0 Å². The zero-order valence-electron chi connectivity index (χ0n) is 52.8. The van der Waals surface area contributed by atoms with Gasteiger partial charge in [0.15, 0.2) is 0 Å². The van der Waals surface area contributed by atoms with Crippen LogP contribution in [0.2, 0.25) is 0 Å². The van der Waals surface area contributed by atoms with Gasteiger partial charge in [0.2, 0.25) is 0 Å². The Labute approximate surface area is 519 Å². The van der Waals surface area contributed by atoms with E-state index in [1.807, 2.05) is 0 Å². The minimum Gasteiger partial charge on any atom is -0.455 e. The van der Waals surface area contributed by atoms with E-state index < -0.39 is 5.41 Å². The van der Waals surface area contributed by atoms with Crippen LogP contribution in [0.5, 0.6) is 0 Å². The molecule has 1 atom stereocenters. The first-order valence-electron chi connectivity index (χ1n) is 31.3. The first-order valence-corrected chi connectivity index (χ1v) is 31.3. The van der Waals surface area contributed by atoms with Crippen LogP contribution >= 0.6 is 0 Å². The molecule has 1 aromatic heterocycles. The molecule has 0 fully saturated rings. The van der Waals surface area contributed by atoms with Gasteiger partial charge in [0.05, 0.1) is 44.9 Å². The van der Waals surface area contributed by atoms with Gasteiger partial charge in [-0.2, -0.15) is 0 Å². The maximum atomic E-state index is 7.59. The summed E-state index contributed by atoms with van der Waals surface area (Å²) in [6.45, 7) is 27.5. The van der Waals surface area contributed by atoms with Crippen LogP contribution in [0.15, 0.2) is 247 Å². The van der Waals surface area contributed by atoms with Gasteiger partial charge in [-0.1, -0.05) is 217 Å². The van der Waals surface area contributed by atoms with Gasteiger partial charge < -0.3 is 24.0 Å². The average molecular weight is 1150 g/mol. The Kier molecular flexibility index (Phi) is 12.3. The molecule has 0 saturated heterocycles. The van der Waals surface area contributed by atoms with Gasteiger partial charge in [0, 0.05) is 45.1 Å². The van der Waals surface area contributed by atoms with Crippen molar-refractivity contribution >= 4 is 90.2 Å². The van der Waals surface area contributed by atoms with Gasteiger partial charge in [-0.05, 0) is 181 Å². The number of fused-ring (bicyclic) bond motifs is 15. The van der Waals surface area contributed by atoms with Crippen LogP contribution in [0.3, 0.4) is 0 Å². The normalized spacial score (nSPS) is 15.0. The highest BCUT2D eigenvalue weighted by Gasteiger charge is 2.55. The van der Waals surface area contributed by atoms with Crippen LogP contribution in [-0.4, -0.2) is 0 Å². The number of hydrogen-bond acceptors (Lipinski definition) is 5. The van der Waals surface area contributed by atoms with Crippen LogP contribution in [0.4, 0.5) is 68.2 Å². The van der Waals surface area contributed by atoms with Crippen molar-refractivity contribution in [1.29, 1.82) is 0 Å². The predicted molar refractivity (Wildman–Crippen MR) is 372 cm³/mol. The third-order valence-corrected chi connectivity index (χ3v) is 19.0. The summed E-state index contributed by atoms with van der Waals surface area (Å²) in [5.74, 6) is 0. The number of nitrogens with zero attached hydrogens (tertiary/aromatic N) is 4. The highest BCUT2D eigenvalue weighted by atomic mass is 16.3. The van der Waals surface area contributed by atoms with Crippen molar-refractivity contribution in [2.45, 2.75) is 110 Å². The van der Waals surface area contributed by atoms with Crippen molar-refractivity contribution in [3.8, 4) is 11.1 Å². The molecule has 5 nitrogen and oxygen atoms in total. The fourth-order valence-corrected chi connectivity index (χ4v) is 14.4. The van der Waals surface area contributed by atoms with Crippen LogP contribution < -0.4 is 19.6 Å². The summed E-state index contributed by atoms with van der Waals surface area (Å²) < 4.78 is 7.59. The second-order valence-corrected chi connectivity index (χ2v) is 28.6. The number of rotatable bonds is 7. The molecule has 15 rings (SSSR count). The Balaban J connectivity index is 1.09. The summed E-state index contributed by atoms with van der Waals surface area (Å²) >= 11 is 0. The SMILES string of the molecule is CC(C)(C)c1ccc(N(c2ccc(C(C)(C)C)cc2)c2ccc3c(c2)C2(c4ccccc4N4c5ccccc5N(c5ccccc5)c5cccc2c54)c2cc(N(c4ccc(C(C)(C)C)cc4)c4ccc(C(C)(C)C)cc4)c4c(oc5ccccc54)c2-3)cc1. The van der Waals surface area contributed by atoms with Crippen molar-refractivity contribution < 1.29 is 4.42 Å². The lowest BCUT2D eigenvalue weighted by atomic mass is 9.64. The highest BCUT2D eigenvalue weighted by Crippen LogP contribution is 2.70. The largest absolute Gasteiger partial charge is 0.455 e. The maximum absolute atomic E-state index is 7.59. The van der Waals surface area contributed by atoms with Gasteiger partial charge in [-0.15, -0.1) is 0 Å². The van der Waals surface area contributed by atoms with E-state index in [9.17, 15) is 0 Å². The Hall–Kier alpha value is -9.58. The number of para-hydroxylation sites is 6. The van der Waals surface area contributed by atoms with Crippen LogP contribution in [0, 0.1) is 0 Å². The van der Waals surface area contributed by atoms with E-state index in [1.165, 1.54) is 44.5 Å². The average Bonchev–Trinajstić information content (AvgIpc) is 1.38. The summed E-state index contributed by atoms with van der Waals surface area (Å²) in [5.41, 5.74) is 26.1. The van der Waals surface area contributed by atoms with Crippen molar-refractivity contribution in [3.63, 3.8) is 0 Å². The van der Waals surface area contributed by atoms with E-state index >= 15 is 0 Å². The maximum Gasteiger partial charge on any atom is 0.145 e. The van der Waals surface area contributed by atoms with Gasteiger partial charge in [-0.3, -0.25) is 0 Å². The molecule has 0 bridgehead atoms. The zero-order chi connectivity index (χ0) is 60.8. The molecule has 3 aliphatic rings. The van der Waals surface area contributed by atoms with Crippen LogP contribution in [0.1, 0.15) is 128 Å². The number of anilines is 12. The summed E-state index contributed by atoms with van der Waals surface area (Å²) in [6.07, 6.45) is 0. The number of furan rings is 1. The van der Waals surface area contributed by atoms with E-state index in [2.05, 4.69) is 345 Å². The third-order valence-electron chi connectivity index (χ3n) is 19.0. The summed E-state index contributed by atoms with van der Waals surface area (Å²) in [4.78, 5) is 10.0. The fraction of sp³-hybridized carbons (Fsp3) is 0.205. The lowest BCUT2D eigenvalue weighted by molar-refractivity contribution is 0.590. The van der Waals surface area contributed by atoms with E-state index in [1.54, 1.807) is 0 Å². The smallest absolute Gasteiger partial charge is 0.145 e. The Morgan fingerprint density at radius 1 is 0.341 bits per heavy atom. The fourth-order valence-electron chi connectivity index (χ4n) is 14.4. The van der Waals surface area contributed by atoms with Crippen LogP contribution in [-0.2, 0) is 27.1 Å². The van der Waals surface area contributed by atoms with Gasteiger partial charge in [0.1, 0.15) is 11.2 Å². The molecule has 0 N–H and O–H groups in total. The molecule has 12 aromatic rings. The van der Waals surface area contributed by atoms with Crippen molar-refractivity contribution in [1.82, 2.24) is 0 Å². The minimum absolute atomic E-state index is 0.0146. The first-order chi connectivity index (χ1) is 42.2. The molecule has 3 heterocycles. The van der Waals surface area contributed by atoms with Crippen molar-refractivity contribution in [3.05, 3.63) is 287 Å². The van der Waals surface area contributed by atoms with E-state index in [0.29, 0.717) is 0 Å². The molecule has 88 heavy (non-hydrogen) atoms. The van der Waals surface area contributed by atoms with E-state index in [-0.39, 0.29) is 21.7 Å². The third kappa shape index (κ3) is 8.48.